The minimum absolute atomic E-state index is 0.00994. The first kappa shape index (κ1) is 21.7. The van der Waals surface area contributed by atoms with Crippen LogP contribution in [0, 0.1) is 5.92 Å². The zero-order chi connectivity index (χ0) is 22.7. The molecule has 32 heavy (non-hydrogen) atoms. The van der Waals surface area contributed by atoms with Crippen molar-refractivity contribution in [3.8, 4) is 11.5 Å². The van der Waals surface area contributed by atoms with E-state index in [1.165, 1.54) is 6.07 Å². The van der Waals surface area contributed by atoms with Gasteiger partial charge < -0.3 is 19.9 Å². The summed E-state index contributed by atoms with van der Waals surface area (Å²) < 4.78 is 11.2. The van der Waals surface area contributed by atoms with E-state index in [0.29, 0.717) is 35.6 Å². The lowest BCUT2D eigenvalue weighted by Crippen LogP contribution is -2.41. The predicted molar refractivity (Wildman–Crippen MR) is 120 cm³/mol. The van der Waals surface area contributed by atoms with Gasteiger partial charge in [-0.2, -0.15) is 0 Å². The fraction of sp³-hybridized carbons (Fsp3) is 0.308. The summed E-state index contributed by atoms with van der Waals surface area (Å²) in [6, 6.07) is 14.4. The topological polar surface area (TPSA) is 84.9 Å². The average Bonchev–Trinajstić information content (AvgIpc) is 2.79. The van der Waals surface area contributed by atoms with Gasteiger partial charge in [0.2, 0.25) is 0 Å². The van der Waals surface area contributed by atoms with Crippen molar-refractivity contribution in [1.29, 1.82) is 0 Å². The van der Waals surface area contributed by atoms with E-state index in [-0.39, 0.29) is 18.1 Å². The Morgan fingerprint density at radius 3 is 2.72 bits per heavy atom. The third-order valence-electron chi connectivity index (χ3n) is 5.91. The van der Waals surface area contributed by atoms with Gasteiger partial charge in [0.15, 0.2) is 17.3 Å². The molecule has 0 radical (unpaired) electrons. The molecule has 0 saturated heterocycles. The van der Waals surface area contributed by atoms with Crippen LogP contribution in [0.4, 0.5) is 0 Å². The molecule has 1 aliphatic carbocycles. The Morgan fingerprint density at radius 2 is 1.97 bits per heavy atom. The highest BCUT2D eigenvalue weighted by Gasteiger charge is 2.44. The Labute approximate surface area is 187 Å². The van der Waals surface area contributed by atoms with Crippen molar-refractivity contribution < 1.29 is 24.2 Å². The van der Waals surface area contributed by atoms with Gasteiger partial charge in [-0.3, -0.25) is 9.59 Å². The summed E-state index contributed by atoms with van der Waals surface area (Å²) in [5.41, 5.74) is 3.50. The molecule has 4 rings (SSSR count). The van der Waals surface area contributed by atoms with Crippen molar-refractivity contribution >= 4 is 11.8 Å². The third-order valence-corrected chi connectivity index (χ3v) is 5.91. The highest BCUT2D eigenvalue weighted by Crippen LogP contribution is 2.46. The molecule has 0 saturated carbocycles. The van der Waals surface area contributed by atoms with Crippen LogP contribution in [0.2, 0.25) is 0 Å². The maximum Gasteiger partial charge on any atom is 0.316 e. The number of esters is 1. The first-order valence-corrected chi connectivity index (χ1v) is 10.9. The fourth-order valence-corrected chi connectivity index (χ4v) is 4.44. The second-order valence-corrected chi connectivity index (χ2v) is 8.03. The first-order valence-electron chi connectivity index (χ1n) is 10.9. The molecule has 6 nitrogen and oxygen atoms in total. The van der Waals surface area contributed by atoms with Crippen LogP contribution in [-0.2, 0) is 20.9 Å². The van der Waals surface area contributed by atoms with Gasteiger partial charge in [-0.05, 0) is 43.0 Å². The van der Waals surface area contributed by atoms with Gasteiger partial charge in [0.1, 0.15) is 12.5 Å². The Hall–Kier alpha value is -3.54. The summed E-state index contributed by atoms with van der Waals surface area (Å²) in [6.07, 6.45) is 1.91. The summed E-state index contributed by atoms with van der Waals surface area (Å²) in [4.78, 5) is 26.3. The molecule has 0 amide bonds. The van der Waals surface area contributed by atoms with E-state index in [4.69, 9.17) is 9.47 Å². The van der Waals surface area contributed by atoms with Gasteiger partial charge in [0.25, 0.3) is 0 Å². The van der Waals surface area contributed by atoms with Gasteiger partial charge in [-0.15, -0.1) is 0 Å². The highest BCUT2D eigenvalue weighted by atomic mass is 16.5. The van der Waals surface area contributed by atoms with Crippen molar-refractivity contribution in [2.45, 2.75) is 38.7 Å². The maximum atomic E-state index is 13.3. The minimum Gasteiger partial charge on any atom is -0.504 e. The largest absolute Gasteiger partial charge is 0.504 e. The molecule has 2 aromatic rings. The number of carbonyl (C=O) groups excluding carboxylic acids is 2. The van der Waals surface area contributed by atoms with Gasteiger partial charge >= 0.3 is 5.97 Å². The van der Waals surface area contributed by atoms with Crippen molar-refractivity contribution in [2.24, 2.45) is 5.92 Å². The fourth-order valence-electron chi connectivity index (χ4n) is 4.44. The number of rotatable bonds is 6. The number of phenols is 1. The SMILES string of the molecule is C=C1NC2=C(C(=O)CCC2)C(c2ccc(O)c(OCC)c2)C1C(=O)OCc1ccccc1. The van der Waals surface area contributed by atoms with E-state index in [2.05, 4.69) is 11.9 Å². The number of hydrogen-bond donors (Lipinski definition) is 2. The third kappa shape index (κ3) is 4.26. The van der Waals surface area contributed by atoms with Gasteiger partial charge in [-0.1, -0.05) is 43.0 Å². The molecule has 2 atom stereocenters. The molecule has 166 valence electrons. The zero-order valence-corrected chi connectivity index (χ0v) is 18.1. The quantitative estimate of drug-likeness (QED) is 0.659. The Balaban J connectivity index is 1.73. The summed E-state index contributed by atoms with van der Waals surface area (Å²) in [7, 11) is 0. The van der Waals surface area contributed by atoms with E-state index in [0.717, 1.165) is 24.1 Å². The average molecular weight is 434 g/mol. The molecule has 0 bridgehead atoms. The number of benzene rings is 2. The number of nitrogens with one attached hydrogen (secondary N) is 1. The highest BCUT2D eigenvalue weighted by molar-refractivity contribution is 6.00. The Morgan fingerprint density at radius 1 is 1.19 bits per heavy atom. The number of Topliss-reactive ketones (excluding diaryl/α,β-unsaturated/α-hetero) is 1. The molecule has 2 unspecified atom stereocenters. The Bertz CT molecular complexity index is 1070. The lowest BCUT2D eigenvalue weighted by molar-refractivity contribution is -0.149. The zero-order valence-electron chi connectivity index (χ0n) is 18.1. The molecule has 2 N–H and O–H groups in total. The number of ether oxygens (including phenoxy) is 2. The molecule has 2 aromatic carbocycles. The van der Waals surface area contributed by atoms with Crippen LogP contribution in [0.1, 0.15) is 43.2 Å². The van der Waals surface area contributed by atoms with Gasteiger partial charge in [0, 0.05) is 29.3 Å². The number of allylic oxidation sites excluding steroid dienone is 2. The maximum absolute atomic E-state index is 13.3. The molecule has 0 spiro atoms. The van der Waals surface area contributed by atoms with Gasteiger partial charge in [0.05, 0.1) is 6.61 Å². The predicted octanol–water partition coefficient (Wildman–Crippen LogP) is 4.36. The van der Waals surface area contributed by atoms with Crippen molar-refractivity contribution in [3.63, 3.8) is 0 Å². The van der Waals surface area contributed by atoms with Crippen molar-refractivity contribution in [3.05, 3.63) is 83.2 Å². The summed E-state index contributed by atoms with van der Waals surface area (Å²) >= 11 is 0. The molecular weight excluding hydrogens is 406 g/mol. The van der Waals surface area contributed by atoms with E-state index >= 15 is 0 Å². The second-order valence-electron chi connectivity index (χ2n) is 8.03. The van der Waals surface area contributed by atoms with Crippen LogP contribution in [0.3, 0.4) is 0 Å². The summed E-state index contributed by atoms with van der Waals surface area (Å²) in [6.45, 7) is 6.44. The van der Waals surface area contributed by atoms with E-state index in [1.807, 2.05) is 37.3 Å². The van der Waals surface area contributed by atoms with Gasteiger partial charge in [-0.25, -0.2) is 0 Å². The Kier molecular flexibility index (Phi) is 6.30. The standard InChI is InChI=1S/C26H27NO5/c1-3-31-22-14-18(12-13-20(22)28)24-23(26(30)32-15-17-8-5-4-6-9-17)16(2)27-19-10-7-11-21(29)25(19)24/h4-6,8-9,12-14,23-24,27-28H,2-3,7,10-11,15H2,1H3. The lowest BCUT2D eigenvalue weighted by Gasteiger charge is -2.38. The molecule has 0 fully saturated rings. The van der Waals surface area contributed by atoms with E-state index in [9.17, 15) is 14.7 Å². The number of hydrogen-bond acceptors (Lipinski definition) is 6. The van der Waals surface area contributed by atoms with Crippen LogP contribution in [-0.4, -0.2) is 23.5 Å². The molecular formula is C26H27NO5. The summed E-state index contributed by atoms with van der Waals surface area (Å²) in [5.74, 6) is -1.45. The van der Waals surface area contributed by atoms with Crippen molar-refractivity contribution in [1.82, 2.24) is 5.32 Å². The molecule has 2 aliphatic rings. The molecule has 6 heteroatoms. The van der Waals surface area contributed by atoms with Crippen LogP contribution in [0.15, 0.2) is 72.1 Å². The monoisotopic (exact) mass is 433 g/mol. The lowest BCUT2D eigenvalue weighted by atomic mass is 9.71. The second kappa shape index (κ2) is 9.30. The number of ketones is 1. The number of aromatic hydroxyl groups is 1. The smallest absolute Gasteiger partial charge is 0.316 e. The van der Waals surface area contributed by atoms with Crippen molar-refractivity contribution in [2.75, 3.05) is 6.61 Å². The minimum atomic E-state index is -0.779. The molecule has 1 aliphatic heterocycles. The number of phenolic OH excluding ortho intramolecular Hbond substituents is 1. The molecule has 0 aromatic heterocycles. The molecule has 1 heterocycles. The van der Waals surface area contributed by atoms with E-state index in [1.54, 1.807) is 12.1 Å². The normalized spacial score (nSPS) is 20.4. The van der Waals surface area contributed by atoms with Crippen LogP contribution in [0.25, 0.3) is 0 Å². The van der Waals surface area contributed by atoms with E-state index < -0.39 is 17.8 Å². The first-order chi connectivity index (χ1) is 15.5. The van der Waals surface area contributed by atoms with Crippen LogP contribution >= 0.6 is 0 Å². The number of carbonyl (C=O) groups is 2. The van der Waals surface area contributed by atoms with Crippen LogP contribution < -0.4 is 10.1 Å². The van der Waals surface area contributed by atoms with Crippen LogP contribution in [0.5, 0.6) is 11.5 Å². The summed E-state index contributed by atoms with van der Waals surface area (Å²) in [5, 5.41) is 13.4.